The zero-order chi connectivity index (χ0) is 37.8. The quantitative estimate of drug-likeness (QED) is 0.139. The average molecular weight is 721 g/mol. The lowest BCUT2D eigenvalue weighted by atomic mass is 9.90. The van der Waals surface area contributed by atoms with Gasteiger partial charge in [-0.1, -0.05) is 164 Å². The Morgan fingerprint density at radius 2 is 0.821 bits per heavy atom. The maximum atomic E-state index is 2.52. The van der Waals surface area contributed by atoms with Gasteiger partial charge in [-0.3, -0.25) is 0 Å². The van der Waals surface area contributed by atoms with Crippen molar-refractivity contribution in [3.63, 3.8) is 0 Å². The van der Waals surface area contributed by atoms with Crippen molar-refractivity contribution in [3.8, 4) is 22.3 Å². The highest BCUT2D eigenvalue weighted by Crippen LogP contribution is 2.53. The van der Waals surface area contributed by atoms with Gasteiger partial charge in [0.1, 0.15) is 0 Å². The number of allylic oxidation sites excluding steroid dienone is 2. The lowest BCUT2D eigenvalue weighted by molar-refractivity contribution is 0.782. The Labute approximate surface area is 331 Å². The first-order valence-corrected chi connectivity index (χ1v) is 19.5. The van der Waals surface area contributed by atoms with Crippen molar-refractivity contribution in [2.75, 3.05) is 9.80 Å². The van der Waals surface area contributed by atoms with E-state index < -0.39 is 0 Å². The molecule has 0 fully saturated rings. The van der Waals surface area contributed by atoms with Crippen LogP contribution in [-0.2, 0) is 6.42 Å². The van der Waals surface area contributed by atoms with Crippen LogP contribution in [0.5, 0.6) is 0 Å². The van der Waals surface area contributed by atoms with Crippen LogP contribution < -0.4 is 9.80 Å². The van der Waals surface area contributed by atoms with Crippen LogP contribution in [0.3, 0.4) is 0 Å². The first-order valence-electron chi connectivity index (χ1n) is 19.5. The van der Waals surface area contributed by atoms with E-state index in [4.69, 9.17) is 0 Å². The van der Waals surface area contributed by atoms with Gasteiger partial charge in [-0.05, 0) is 113 Å². The fourth-order valence-electron chi connectivity index (χ4n) is 8.45. The van der Waals surface area contributed by atoms with E-state index in [1.807, 2.05) is 0 Å². The molecular weight excluding hydrogens is 677 g/mol. The Bertz CT molecular complexity index is 2510. The largest absolute Gasteiger partial charge is 0.313 e. The molecule has 0 saturated carbocycles. The van der Waals surface area contributed by atoms with E-state index in [9.17, 15) is 0 Å². The standard InChI is InChI=1S/C54H44N2/c1-39-18-15-16-28-51(39)56(46-25-13-6-14-26-46)54-40(2)53-49(50(54)38-41-19-7-3-8-20-41)27-17-29-52(53)55(47-34-30-44(31-35-47)42-21-9-4-10-22-42)48-36-32-45(33-37-48)43-23-11-5-12-24-43/h3-37,50H,38H2,1-2H3/t50-/m0/s1. The number of hydrogen-bond acceptors (Lipinski definition) is 2. The summed E-state index contributed by atoms with van der Waals surface area (Å²) in [5.41, 5.74) is 18.4. The normalized spacial score (nSPS) is 13.4. The van der Waals surface area contributed by atoms with Crippen LogP contribution >= 0.6 is 0 Å². The van der Waals surface area contributed by atoms with Crippen molar-refractivity contribution in [1.29, 1.82) is 0 Å². The molecule has 270 valence electrons. The van der Waals surface area contributed by atoms with Crippen molar-refractivity contribution >= 4 is 34.0 Å². The van der Waals surface area contributed by atoms with Crippen molar-refractivity contribution in [1.82, 2.24) is 0 Å². The number of nitrogens with zero attached hydrogens (tertiary/aromatic N) is 2. The Kier molecular flexibility index (Phi) is 9.61. The fraction of sp³-hybridized carbons (Fsp3) is 0.0741. The van der Waals surface area contributed by atoms with Crippen molar-refractivity contribution in [2.45, 2.75) is 26.2 Å². The molecule has 0 spiro atoms. The summed E-state index contributed by atoms with van der Waals surface area (Å²) < 4.78 is 0. The molecule has 0 aromatic heterocycles. The molecule has 9 rings (SSSR count). The van der Waals surface area contributed by atoms with Crippen LogP contribution in [0.15, 0.2) is 218 Å². The second-order valence-electron chi connectivity index (χ2n) is 14.6. The SMILES string of the molecule is CC1=C(N(c2ccccc2)c2ccccc2C)[C@@H](Cc2ccccc2)c2cccc(N(c3ccc(-c4ccccc4)cc3)c3ccc(-c4ccccc4)cc3)c21. The Morgan fingerprint density at radius 1 is 0.375 bits per heavy atom. The molecule has 8 aromatic carbocycles. The van der Waals surface area contributed by atoms with E-state index in [1.165, 1.54) is 67.2 Å². The molecule has 0 N–H and O–H groups in total. The molecule has 8 aromatic rings. The highest BCUT2D eigenvalue weighted by molar-refractivity contribution is 5.94. The average Bonchev–Trinajstić information content (AvgIpc) is 3.54. The van der Waals surface area contributed by atoms with Crippen LogP contribution in [0.2, 0.25) is 0 Å². The van der Waals surface area contributed by atoms with Gasteiger partial charge in [0.2, 0.25) is 0 Å². The van der Waals surface area contributed by atoms with Crippen LogP contribution in [-0.4, -0.2) is 0 Å². The van der Waals surface area contributed by atoms with E-state index in [0.29, 0.717) is 0 Å². The van der Waals surface area contributed by atoms with Crippen LogP contribution in [0, 0.1) is 6.92 Å². The third-order valence-corrected chi connectivity index (χ3v) is 11.1. The highest BCUT2D eigenvalue weighted by Gasteiger charge is 2.37. The molecule has 0 amide bonds. The molecule has 0 bridgehead atoms. The number of anilines is 5. The first-order chi connectivity index (χ1) is 27.6. The smallest absolute Gasteiger partial charge is 0.0540 e. The van der Waals surface area contributed by atoms with Crippen LogP contribution in [0.4, 0.5) is 28.4 Å². The number of rotatable bonds is 10. The third kappa shape index (κ3) is 6.71. The molecule has 1 aliphatic carbocycles. The Morgan fingerprint density at radius 3 is 1.38 bits per heavy atom. The second-order valence-corrected chi connectivity index (χ2v) is 14.6. The predicted octanol–water partition coefficient (Wildman–Crippen LogP) is 14.7. The van der Waals surface area contributed by atoms with Gasteiger partial charge in [-0.15, -0.1) is 0 Å². The van der Waals surface area contributed by atoms with E-state index in [0.717, 1.165) is 23.5 Å². The fourth-order valence-corrected chi connectivity index (χ4v) is 8.45. The summed E-state index contributed by atoms with van der Waals surface area (Å²) in [6, 6.07) is 76.9. The van der Waals surface area contributed by atoms with Crippen molar-refractivity contribution in [3.05, 3.63) is 240 Å². The summed E-state index contributed by atoms with van der Waals surface area (Å²) in [5.74, 6) is 0.120. The third-order valence-electron chi connectivity index (χ3n) is 11.1. The van der Waals surface area contributed by atoms with Gasteiger partial charge < -0.3 is 9.80 Å². The molecule has 56 heavy (non-hydrogen) atoms. The van der Waals surface area contributed by atoms with Gasteiger partial charge in [0.25, 0.3) is 0 Å². The lowest BCUT2D eigenvalue weighted by Gasteiger charge is -2.32. The van der Waals surface area contributed by atoms with E-state index in [-0.39, 0.29) is 5.92 Å². The maximum absolute atomic E-state index is 2.52. The molecular formula is C54H44N2. The van der Waals surface area contributed by atoms with E-state index in [2.05, 4.69) is 236 Å². The Hall–Kier alpha value is -6.90. The molecule has 0 unspecified atom stereocenters. The van der Waals surface area contributed by atoms with Crippen molar-refractivity contribution < 1.29 is 0 Å². The van der Waals surface area contributed by atoms with Gasteiger partial charge in [0, 0.05) is 39.9 Å². The highest BCUT2D eigenvalue weighted by atomic mass is 15.2. The van der Waals surface area contributed by atoms with Gasteiger partial charge in [0.15, 0.2) is 0 Å². The van der Waals surface area contributed by atoms with Crippen LogP contribution in [0.25, 0.3) is 27.8 Å². The molecule has 2 nitrogen and oxygen atoms in total. The number of benzene rings is 8. The van der Waals surface area contributed by atoms with Gasteiger partial charge in [-0.25, -0.2) is 0 Å². The first kappa shape index (κ1) is 34.8. The topological polar surface area (TPSA) is 6.48 Å². The molecule has 0 aliphatic heterocycles. The minimum Gasteiger partial charge on any atom is -0.313 e. The van der Waals surface area contributed by atoms with Gasteiger partial charge in [-0.2, -0.15) is 0 Å². The van der Waals surface area contributed by atoms with E-state index in [1.54, 1.807) is 0 Å². The number of hydrogen-bond donors (Lipinski definition) is 0. The summed E-state index contributed by atoms with van der Waals surface area (Å²) in [6.07, 6.45) is 0.886. The summed E-state index contributed by atoms with van der Waals surface area (Å²) in [6.45, 7) is 4.56. The predicted molar refractivity (Wildman–Crippen MR) is 237 cm³/mol. The van der Waals surface area contributed by atoms with Gasteiger partial charge >= 0.3 is 0 Å². The lowest BCUT2D eigenvalue weighted by Crippen LogP contribution is -2.22. The minimum absolute atomic E-state index is 0.120. The summed E-state index contributed by atoms with van der Waals surface area (Å²) in [4.78, 5) is 4.98. The van der Waals surface area contributed by atoms with Gasteiger partial charge in [0.05, 0.1) is 5.69 Å². The molecule has 0 heterocycles. The molecule has 1 atom stereocenters. The zero-order valence-electron chi connectivity index (χ0n) is 31.9. The monoisotopic (exact) mass is 720 g/mol. The summed E-state index contributed by atoms with van der Waals surface area (Å²) in [5, 5.41) is 0. The van der Waals surface area contributed by atoms with E-state index >= 15 is 0 Å². The summed E-state index contributed by atoms with van der Waals surface area (Å²) in [7, 11) is 0. The Balaban J connectivity index is 1.26. The molecule has 0 radical (unpaired) electrons. The zero-order valence-corrected chi connectivity index (χ0v) is 31.9. The van der Waals surface area contributed by atoms with Crippen LogP contribution in [0.1, 0.15) is 35.1 Å². The van der Waals surface area contributed by atoms with Crippen molar-refractivity contribution in [2.24, 2.45) is 0 Å². The maximum Gasteiger partial charge on any atom is 0.0540 e. The molecule has 0 saturated heterocycles. The molecule has 2 heteroatoms. The number of para-hydroxylation sites is 2. The minimum atomic E-state index is 0.120. The second kappa shape index (κ2) is 15.5. The molecule has 1 aliphatic rings. The number of aryl methyl sites for hydroxylation is 1. The summed E-state index contributed by atoms with van der Waals surface area (Å²) >= 11 is 0. The number of fused-ring (bicyclic) bond motifs is 1.